The highest BCUT2D eigenvalue weighted by Crippen LogP contribution is 2.30. The summed E-state index contributed by atoms with van der Waals surface area (Å²) in [7, 11) is 1.16. The average Bonchev–Trinajstić information content (AvgIpc) is 3.30. The summed E-state index contributed by atoms with van der Waals surface area (Å²) in [5, 5.41) is 24.6. The lowest BCUT2D eigenvalue weighted by Crippen LogP contribution is -2.42. The van der Waals surface area contributed by atoms with Gasteiger partial charge in [-0.05, 0) is 24.1 Å². The number of nitrogens with one attached hydrogen (secondary N) is 5. The normalized spacial score (nSPS) is 19.4. The van der Waals surface area contributed by atoms with E-state index >= 15 is 0 Å². The summed E-state index contributed by atoms with van der Waals surface area (Å²) in [4.78, 5) is 13.6. The minimum Gasteiger partial charge on any atom is -0.384 e. The molecular formula is C23H29F3N6O2. The third kappa shape index (κ3) is 5.96. The molecule has 1 atom stereocenters. The maximum atomic E-state index is 13.3. The number of rotatable bonds is 7. The minimum absolute atomic E-state index is 0.0751. The summed E-state index contributed by atoms with van der Waals surface area (Å²) in [6.45, 7) is 3.60. The largest absolute Gasteiger partial charge is 0.431 e. The zero-order valence-electron chi connectivity index (χ0n) is 19.1. The number of carbonyl (C=O) groups is 1. The molecule has 0 bridgehead atoms. The van der Waals surface area contributed by atoms with Gasteiger partial charge in [-0.3, -0.25) is 10.2 Å². The van der Waals surface area contributed by atoms with Crippen LogP contribution in [0.3, 0.4) is 0 Å². The van der Waals surface area contributed by atoms with E-state index in [1.165, 1.54) is 19.1 Å². The zero-order chi connectivity index (χ0) is 24.9. The Morgan fingerprint density at radius 2 is 1.97 bits per heavy atom. The summed E-state index contributed by atoms with van der Waals surface area (Å²) in [6.07, 6.45) is -2.50. The van der Waals surface area contributed by atoms with Crippen LogP contribution in [0.5, 0.6) is 0 Å². The quantitative estimate of drug-likeness (QED) is 0.305. The topological polar surface area (TPSA) is 113 Å². The first-order valence-corrected chi connectivity index (χ1v) is 10.9. The summed E-state index contributed by atoms with van der Waals surface area (Å²) in [5.74, 6) is 0.0306. The van der Waals surface area contributed by atoms with Crippen LogP contribution >= 0.6 is 0 Å². The van der Waals surface area contributed by atoms with E-state index in [-0.39, 0.29) is 35.5 Å². The Labute approximate surface area is 196 Å². The predicted octanol–water partition coefficient (Wildman–Crippen LogP) is 3.10. The number of benzene rings is 1. The Morgan fingerprint density at radius 3 is 2.50 bits per heavy atom. The van der Waals surface area contributed by atoms with E-state index in [0.717, 1.165) is 19.2 Å². The van der Waals surface area contributed by atoms with Gasteiger partial charge in [-0.25, -0.2) is 0 Å². The lowest BCUT2D eigenvalue weighted by atomic mass is 10.0. The summed E-state index contributed by atoms with van der Waals surface area (Å²) >= 11 is 0. The molecule has 2 heterocycles. The van der Waals surface area contributed by atoms with Crippen LogP contribution in [0, 0.1) is 10.8 Å². The van der Waals surface area contributed by atoms with Crippen LogP contribution in [-0.2, 0) is 9.53 Å². The number of hydrogen-bond donors (Lipinski definition) is 5. The van der Waals surface area contributed by atoms with E-state index < -0.39 is 11.9 Å². The second kappa shape index (κ2) is 10.7. The standard InChI is InChI=1S/C23H29F3N6O2/c1-14(33)32-9-7-20(30-17-8-10-34-13-17)19(12-32)22(28)31-16-5-3-15(4-6-16)18(11-27)21(29-2)23(24,25)26/h3-6,11,17,27,29-30H,7-10,12-13H2,1-2H3,(H2,28,31)/b21-18+,27-11?. The van der Waals surface area contributed by atoms with Crippen LogP contribution in [0.15, 0.2) is 41.2 Å². The van der Waals surface area contributed by atoms with Crippen molar-refractivity contribution in [2.45, 2.75) is 32.0 Å². The molecule has 1 aromatic carbocycles. The molecule has 1 aromatic rings. The van der Waals surface area contributed by atoms with E-state index in [1.54, 1.807) is 17.0 Å². The highest BCUT2D eigenvalue weighted by Gasteiger charge is 2.35. The monoisotopic (exact) mass is 478 g/mol. The van der Waals surface area contributed by atoms with Gasteiger partial charge in [0, 0.05) is 62.3 Å². The predicted molar refractivity (Wildman–Crippen MR) is 125 cm³/mol. The zero-order valence-corrected chi connectivity index (χ0v) is 19.1. The Bertz CT molecular complexity index is 995. The fraction of sp³-hybridized carbons (Fsp3) is 0.435. The molecule has 0 radical (unpaired) electrons. The Hall–Kier alpha value is -3.34. The summed E-state index contributed by atoms with van der Waals surface area (Å²) < 4.78 is 45.2. The van der Waals surface area contributed by atoms with Gasteiger partial charge in [-0.2, -0.15) is 13.2 Å². The molecule has 2 aliphatic heterocycles. The SMILES string of the molecule is CN/C(=C(\C=N)c1ccc(NC(=N)C2=C(NC3CCOC3)CCN(C(C)=O)C2)cc1)C(F)(F)F. The third-order valence-corrected chi connectivity index (χ3v) is 5.81. The van der Waals surface area contributed by atoms with Crippen molar-refractivity contribution in [1.82, 2.24) is 15.5 Å². The maximum absolute atomic E-state index is 13.3. The molecule has 8 nitrogen and oxygen atoms in total. The van der Waals surface area contributed by atoms with Gasteiger partial charge < -0.3 is 31.0 Å². The molecule has 2 aliphatic rings. The van der Waals surface area contributed by atoms with Crippen molar-refractivity contribution in [1.29, 1.82) is 10.8 Å². The Kier molecular flexibility index (Phi) is 7.98. The van der Waals surface area contributed by atoms with Gasteiger partial charge in [0.25, 0.3) is 0 Å². The van der Waals surface area contributed by atoms with Gasteiger partial charge >= 0.3 is 6.18 Å². The van der Waals surface area contributed by atoms with Gasteiger partial charge in [-0.1, -0.05) is 12.1 Å². The molecule has 184 valence electrons. The highest BCUT2D eigenvalue weighted by molar-refractivity contribution is 6.10. The molecule has 0 aromatic heterocycles. The first-order valence-electron chi connectivity index (χ1n) is 10.9. The first kappa shape index (κ1) is 25.3. The molecule has 0 aliphatic carbocycles. The van der Waals surface area contributed by atoms with E-state index in [4.69, 9.17) is 15.6 Å². The van der Waals surface area contributed by atoms with Gasteiger partial charge in [0.05, 0.1) is 19.2 Å². The number of nitrogens with zero attached hydrogens (tertiary/aromatic N) is 1. The number of carbonyl (C=O) groups excluding carboxylic acids is 1. The number of hydrogen-bond acceptors (Lipinski definition) is 6. The van der Waals surface area contributed by atoms with Crippen molar-refractivity contribution in [3.05, 3.63) is 46.8 Å². The molecular weight excluding hydrogens is 449 g/mol. The number of alkyl halides is 3. The number of anilines is 1. The average molecular weight is 479 g/mol. The van der Waals surface area contributed by atoms with E-state index in [9.17, 15) is 18.0 Å². The second-order valence-corrected chi connectivity index (χ2v) is 8.11. The molecule has 1 fully saturated rings. The van der Waals surface area contributed by atoms with Crippen LogP contribution < -0.4 is 16.0 Å². The number of amidine groups is 1. The molecule has 1 unspecified atom stereocenters. The summed E-state index contributed by atoms with van der Waals surface area (Å²) in [5.41, 5.74) is 0.990. The van der Waals surface area contributed by atoms with Gasteiger partial charge in [0.1, 0.15) is 11.5 Å². The molecule has 0 spiro atoms. The van der Waals surface area contributed by atoms with Gasteiger partial charge in [0.15, 0.2) is 0 Å². The van der Waals surface area contributed by atoms with Crippen molar-refractivity contribution in [2.75, 3.05) is 38.7 Å². The maximum Gasteiger partial charge on any atom is 0.431 e. The Morgan fingerprint density at radius 1 is 1.26 bits per heavy atom. The van der Waals surface area contributed by atoms with Crippen molar-refractivity contribution in [3.63, 3.8) is 0 Å². The molecule has 5 N–H and O–H groups in total. The first-order chi connectivity index (χ1) is 16.1. The lowest BCUT2D eigenvalue weighted by Gasteiger charge is -2.32. The third-order valence-electron chi connectivity index (χ3n) is 5.81. The van der Waals surface area contributed by atoms with Gasteiger partial charge in [-0.15, -0.1) is 0 Å². The highest BCUT2D eigenvalue weighted by atomic mass is 19.4. The van der Waals surface area contributed by atoms with Crippen molar-refractivity contribution < 1.29 is 22.7 Å². The molecule has 1 amide bonds. The lowest BCUT2D eigenvalue weighted by molar-refractivity contribution is -0.128. The number of allylic oxidation sites excluding steroid dienone is 2. The van der Waals surface area contributed by atoms with Crippen LogP contribution in [0.4, 0.5) is 18.9 Å². The van der Waals surface area contributed by atoms with E-state index in [2.05, 4.69) is 16.0 Å². The number of amides is 1. The van der Waals surface area contributed by atoms with Crippen molar-refractivity contribution >= 4 is 29.2 Å². The van der Waals surface area contributed by atoms with Crippen molar-refractivity contribution in [3.8, 4) is 0 Å². The van der Waals surface area contributed by atoms with E-state index in [1.807, 2.05) is 0 Å². The van der Waals surface area contributed by atoms with Crippen LogP contribution in [-0.4, -0.2) is 68.4 Å². The van der Waals surface area contributed by atoms with Crippen LogP contribution in [0.25, 0.3) is 5.57 Å². The summed E-state index contributed by atoms with van der Waals surface area (Å²) in [6, 6.07) is 6.20. The fourth-order valence-corrected chi connectivity index (χ4v) is 4.00. The molecule has 11 heteroatoms. The van der Waals surface area contributed by atoms with Gasteiger partial charge in [0.2, 0.25) is 5.91 Å². The smallest absolute Gasteiger partial charge is 0.384 e. The number of ether oxygens (including phenoxy) is 1. The second-order valence-electron chi connectivity index (χ2n) is 8.11. The number of halogens is 3. The molecule has 34 heavy (non-hydrogen) atoms. The molecule has 1 saturated heterocycles. The molecule has 3 rings (SSSR count). The minimum atomic E-state index is -4.62. The fourth-order valence-electron chi connectivity index (χ4n) is 4.00. The van der Waals surface area contributed by atoms with Crippen LogP contribution in [0.1, 0.15) is 25.3 Å². The van der Waals surface area contributed by atoms with Crippen molar-refractivity contribution in [2.24, 2.45) is 0 Å². The van der Waals surface area contributed by atoms with Crippen LogP contribution in [0.2, 0.25) is 0 Å². The molecule has 0 saturated carbocycles. The Balaban J connectivity index is 1.82. The van der Waals surface area contributed by atoms with E-state index in [0.29, 0.717) is 43.7 Å².